The first-order chi connectivity index (χ1) is 16.7. The van der Waals surface area contributed by atoms with Crippen LogP contribution in [0.25, 0.3) is 11.1 Å². The number of sulfone groups is 1. The lowest BCUT2D eigenvalue weighted by atomic mass is 9.98. The number of fused-ring (bicyclic) bond motifs is 3. The first-order valence-corrected chi connectivity index (χ1v) is 13.5. The van der Waals surface area contributed by atoms with Gasteiger partial charge in [0.2, 0.25) is 5.91 Å². The minimum atomic E-state index is -3.20. The van der Waals surface area contributed by atoms with Crippen LogP contribution >= 0.6 is 0 Å². The second-order valence-electron chi connectivity index (χ2n) is 8.59. The summed E-state index contributed by atoms with van der Waals surface area (Å²) >= 11 is 0. The Hall–Kier alpha value is -3.40. The van der Waals surface area contributed by atoms with E-state index in [0.29, 0.717) is 19.4 Å². The van der Waals surface area contributed by atoms with Gasteiger partial charge < -0.3 is 20.5 Å². The number of carboxylic acid groups (broad SMARTS) is 1. The number of carbonyl (C=O) groups excluding carboxylic acids is 2. The average Bonchev–Trinajstić information content (AvgIpc) is 3.13. The third-order valence-corrected chi connectivity index (χ3v) is 6.82. The van der Waals surface area contributed by atoms with E-state index in [1.54, 1.807) is 0 Å². The fourth-order valence-corrected chi connectivity index (χ4v) is 4.66. The van der Waals surface area contributed by atoms with E-state index in [2.05, 4.69) is 10.6 Å². The van der Waals surface area contributed by atoms with E-state index in [-0.39, 0.29) is 37.0 Å². The molecule has 1 aliphatic rings. The first kappa shape index (κ1) is 26.2. The van der Waals surface area contributed by atoms with Crippen molar-refractivity contribution >= 4 is 27.8 Å². The number of hydrogen-bond donors (Lipinski definition) is 3. The van der Waals surface area contributed by atoms with Crippen molar-refractivity contribution in [1.82, 2.24) is 10.6 Å². The van der Waals surface area contributed by atoms with Gasteiger partial charge in [-0.25, -0.2) is 18.0 Å². The Kier molecular flexibility index (Phi) is 8.86. The molecule has 2 aromatic carbocycles. The molecule has 3 N–H and O–H groups in total. The summed E-state index contributed by atoms with van der Waals surface area (Å²) in [6, 6.07) is 14.7. The van der Waals surface area contributed by atoms with Crippen molar-refractivity contribution in [2.45, 2.75) is 37.6 Å². The van der Waals surface area contributed by atoms with Gasteiger partial charge in [0.15, 0.2) is 0 Å². The lowest BCUT2D eigenvalue weighted by Gasteiger charge is -2.17. The van der Waals surface area contributed by atoms with Crippen LogP contribution in [0.1, 0.15) is 42.7 Å². The Bertz CT molecular complexity index is 1130. The van der Waals surface area contributed by atoms with E-state index < -0.39 is 27.9 Å². The molecule has 0 fully saturated rings. The normalized spacial score (nSPS) is 13.4. The van der Waals surface area contributed by atoms with E-state index in [9.17, 15) is 27.9 Å². The standard InChI is InChI=1S/C25H30N2O7S/c1-35(32,33)15-13-23(28)26-14-7-6-12-22(24(29)30)27-25(31)34-16-21-19-10-4-2-8-17(19)18-9-3-5-11-20(18)21/h2-5,8-11,21-22H,6-7,12-16H2,1H3,(H,26,28)(H,27,31)(H,29,30)/t22-/m1/s1. The molecule has 0 aliphatic heterocycles. The Morgan fingerprint density at radius 2 is 1.60 bits per heavy atom. The van der Waals surface area contributed by atoms with Crippen LogP contribution in [-0.4, -0.2) is 62.7 Å². The number of ether oxygens (including phenoxy) is 1. The highest BCUT2D eigenvalue weighted by molar-refractivity contribution is 7.90. The fourth-order valence-electron chi connectivity index (χ4n) is 4.11. The van der Waals surface area contributed by atoms with Gasteiger partial charge in [0.05, 0.1) is 5.75 Å². The minimum Gasteiger partial charge on any atom is -0.480 e. The number of amides is 2. The van der Waals surface area contributed by atoms with Crippen molar-refractivity contribution < 1.29 is 32.6 Å². The molecule has 1 atom stereocenters. The number of hydrogen-bond acceptors (Lipinski definition) is 6. The van der Waals surface area contributed by atoms with Crippen LogP contribution in [0.15, 0.2) is 48.5 Å². The van der Waals surface area contributed by atoms with Gasteiger partial charge >= 0.3 is 12.1 Å². The fraction of sp³-hybridized carbons (Fsp3) is 0.400. The van der Waals surface area contributed by atoms with Crippen molar-refractivity contribution in [1.29, 1.82) is 0 Å². The maximum absolute atomic E-state index is 12.4. The van der Waals surface area contributed by atoms with Gasteiger partial charge in [0, 0.05) is 25.1 Å². The second-order valence-corrected chi connectivity index (χ2v) is 10.8. The summed E-state index contributed by atoms with van der Waals surface area (Å²) in [5.41, 5.74) is 4.33. The van der Waals surface area contributed by atoms with Crippen LogP contribution in [0.4, 0.5) is 4.79 Å². The van der Waals surface area contributed by atoms with Gasteiger partial charge in [-0.05, 0) is 41.5 Å². The molecule has 0 saturated heterocycles. The molecule has 9 nitrogen and oxygen atoms in total. The third-order valence-electron chi connectivity index (χ3n) is 5.88. The van der Waals surface area contributed by atoms with Crippen molar-refractivity contribution in [3.63, 3.8) is 0 Å². The molecule has 2 amide bonds. The molecule has 2 aromatic rings. The lowest BCUT2D eigenvalue weighted by Crippen LogP contribution is -2.41. The molecule has 188 valence electrons. The predicted molar refractivity (Wildman–Crippen MR) is 131 cm³/mol. The summed E-state index contributed by atoms with van der Waals surface area (Å²) in [5, 5.41) is 14.5. The van der Waals surface area contributed by atoms with E-state index in [1.807, 2.05) is 48.5 Å². The topological polar surface area (TPSA) is 139 Å². The number of benzene rings is 2. The Morgan fingerprint density at radius 1 is 1.00 bits per heavy atom. The molecule has 0 unspecified atom stereocenters. The summed E-state index contributed by atoms with van der Waals surface area (Å²) in [7, 11) is -3.20. The molecule has 3 rings (SSSR count). The molecule has 0 bridgehead atoms. The van der Waals surface area contributed by atoms with Crippen LogP contribution < -0.4 is 10.6 Å². The van der Waals surface area contributed by atoms with Gasteiger partial charge in [-0.15, -0.1) is 0 Å². The number of carboxylic acids is 1. The van der Waals surface area contributed by atoms with Crippen LogP contribution in [0, 0.1) is 0 Å². The van der Waals surface area contributed by atoms with Crippen LogP contribution in [0.2, 0.25) is 0 Å². The first-order valence-electron chi connectivity index (χ1n) is 11.4. The Morgan fingerprint density at radius 3 is 2.17 bits per heavy atom. The van der Waals surface area contributed by atoms with Crippen LogP contribution in [0.3, 0.4) is 0 Å². The smallest absolute Gasteiger partial charge is 0.407 e. The maximum Gasteiger partial charge on any atom is 0.407 e. The molecular weight excluding hydrogens is 472 g/mol. The molecule has 0 spiro atoms. The van der Waals surface area contributed by atoms with Gasteiger partial charge in [-0.1, -0.05) is 48.5 Å². The van der Waals surface area contributed by atoms with Gasteiger partial charge in [-0.3, -0.25) is 4.79 Å². The zero-order valence-electron chi connectivity index (χ0n) is 19.5. The summed E-state index contributed by atoms with van der Waals surface area (Å²) in [5.74, 6) is -1.88. The van der Waals surface area contributed by atoms with Crippen molar-refractivity contribution in [2.75, 3.05) is 25.2 Å². The summed E-state index contributed by atoms with van der Waals surface area (Å²) in [6.45, 7) is 0.381. The number of alkyl carbamates (subject to hydrolysis) is 1. The summed E-state index contributed by atoms with van der Waals surface area (Å²) in [4.78, 5) is 35.6. The molecule has 0 aromatic heterocycles. The molecule has 35 heavy (non-hydrogen) atoms. The minimum absolute atomic E-state index is 0.0890. The van der Waals surface area contributed by atoms with Gasteiger partial charge in [0.25, 0.3) is 0 Å². The lowest BCUT2D eigenvalue weighted by molar-refractivity contribution is -0.139. The average molecular weight is 503 g/mol. The molecule has 0 saturated carbocycles. The van der Waals surface area contributed by atoms with Crippen LogP contribution in [-0.2, 0) is 24.2 Å². The second kappa shape index (κ2) is 11.8. The highest BCUT2D eigenvalue weighted by atomic mass is 32.2. The van der Waals surface area contributed by atoms with Crippen molar-refractivity contribution in [3.8, 4) is 11.1 Å². The molecule has 10 heteroatoms. The van der Waals surface area contributed by atoms with Crippen molar-refractivity contribution in [3.05, 3.63) is 59.7 Å². The number of aliphatic carboxylic acids is 1. The summed E-state index contributed by atoms with van der Waals surface area (Å²) in [6.07, 6.45) is 1.25. The van der Waals surface area contributed by atoms with Gasteiger partial charge in [-0.2, -0.15) is 0 Å². The zero-order valence-corrected chi connectivity index (χ0v) is 20.3. The molecule has 1 aliphatic carbocycles. The zero-order chi connectivity index (χ0) is 25.4. The third kappa shape index (κ3) is 7.54. The highest BCUT2D eigenvalue weighted by Crippen LogP contribution is 2.44. The van der Waals surface area contributed by atoms with Gasteiger partial charge in [0.1, 0.15) is 22.5 Å². The molecule has 0 radical (unpaired) electrons. The number of unbranched alkanes of at least 4 members (excludes halogenated alkanes) is 1. The predicted octanol–water partition coefficient (Wildman–Crippen LogP) is 2.70. The van der Waals surface area contributed by atoms with Crippen LogP contribution in [0.5, 0.6) is 0 Å². The van der Waals surface area contributed by atoms with E-state index in [4.69, 9.17) is 4.74 Å². The van der Waals surface area contributed by atoms with E-state index in [1.165, 1.54) is 0 Å². The number of nitrogens with one attached hydrogen (secondary N) is 2. The summed E-state index contributed by atoms with van der Waals surface area (Å²) < 4.78 is 27.6. The largest absolute Gasteiger partial charge is 0.480 e. The SMILES string of the molecule is CS(=O)(=O)CCC(=O)NCCCC[C@@H](NC(=O)OCC1c2ccccc2-c2ccccc21)C(=O)O. The monoisotopic (exact) mass is 502 g/mol. The Balaban J connectivity index is 1.43. The highest BCUT2D eigenvalue weighted by Gasteiger charge is 2.29. The van der Waals surface area contributed by atoms with E-state index in [0.717, 1.165) is 28.5 Å². The molecular formula is C25H30N2O7S. The van der Waals surface area contributed by atoms with E-state index >= 15 is 0 Å². The number of rotatable bonds is 12. The Labute approximate surface area is 204 Å². The quantitative estimate of drug-likeness (QED) is 0.379. The molecule has 0 heterocycles. The number of carbonyl (C=O) groups is 3. The maximum atomic E-state index is 12.4. The van der Waals surface area contributed by atoms with Crippen molar-refractivity contribution in [2.24, 2.45) is 0 Å².